The van der Waals surface area contributed by atoms with Crippen molar-refractivity contribution in [3.05, 3.63) is 0 Å². The van der Waals surface area contributed by atoms with E-state index in [-0.39, 0.29) is 5.91 Å². The molecular weight excluding hydrogens is 228 g/mol. The van der Waals surface area contributed by atoms with Crippen molar-refractivity contribution in [2.45, 2.75) is 31.7 Å². The lowest BCUT2D eigenvalue weighted by Crippen LogP contribution is -2.53. The first kappa shape index (κ1) is 14.9. The van der Waals surface area contributed by atoms with E-state index in [0.717, 1.165) is 32.4 Å². The van der Waals surface area contributed by atoms with E-state index in [1.807, 2.05) is 19.0 Å². The third-order valence-electron chi connectivity index (χ3n) is 3.52. The number of carbonyl (C=O) groups excluding carboxylic acids is 1. The molecule has 102 valence electrons. The highest BCUT2D eigenvalue weighted by Crippen LogP contribution is 2.21. The second-order valence-corrected chi connectivity index (χ2v) is 5.28. The van der Waals surface area contributed by atoms with Crippen molar-refractivity contribution in [1.29, 1.82) is 5.26 Å². The fourth-order valence-electron chi connectivity index (χ4n) is 2.25. The maximum absolute atomic E-state index is 11.3. The minimum atomic E-state index is -0.432. The number of hydrogen-bond donors (Lipinski definition) is 1. The molecule has 1 heterocycles. The van der Waals surface area contributed by atoms with Crippen LogP contribution in [0, 0.1) is 11.3 Å². The second kappa shape index (κ2) is 6.72. The van der Waals surface area contributed by atoms with Crippen LogP contribution in [0.5, 0.6) is 0 Å². The van der Waals surface area contributed by atoms with Crippen molar-refractivity contribution in [2.24, 2.45) is 0 Å². The van der Waals surface area contributed by atoms with Crippen molar-refractivity contribution >= 4 is 5.91 Å². The van der Waals surface area contributed by atoms with Gasteiger partial charge >= 0.3 is 0 Å². The van der Waals surface area contributed by atoms with Crippen molar-refractivity contribution < 1.29 is 4.79 Å². The SMILES string of the molecule is CC(=O)N1CCC(C#N)(NCCCN(C)C)CC1. The van der Waals surface area contributed by atoms with Crippen LogP contribution < -0.4 is 5.32 Å². The van der Waals surface area contributed by atoms with Crippen molar-refractivity contribution in [2.75, 3.05) is 40.3 Å². The Morgan fingerprint density at radius 2 is 2.06 bits per heavy atom. The van der Waals surface area contributed by atoms with Gasteiger partial charge in [-0.2, -0.15) is 5.26 Å². The zero-order chi connectivity index (χ0) is 13.6. The van der Waals surface area contributed by atoms with E-state index < -0.39 is 5.54 Å². The molecule has 0 aliphatic carbocycles. The fourth-order valence-corrected chi connectivity index (χ4v) is 2.25. The molecule has 0 aromatic heterocycles. The van der Waals surface area contributed by atoms with Crippen LogP contribution in [0.4, 0.5) is 0 Å². The summed E-state index contributed by atoms with van der Waals surface area (Å²) < 4.78 is 0. The molecule has 18 heavy (non-hydrogen) atoms. The van der Waals surface area contributed by atoms with Crippen molar-refractivity contribution in [3.8, 4) is 6.07 Å². The summed E-state index contributed by atoms with van der Waals surface area (Å²) in [7, 11) is 4.09. The number of rotatable bonds is 5. The van der Waals surface area contributed by atoms with Crippen LogP contribution in [0.1, 0.15) is 26.2 Å². The quantitative estimate of drug-likeness (QED) is 0.721. The van der Waals surface area contributed by atoms with Gasteiger partial charge in [0.2, 0.25) is 5.91 Å². The normalized spacial score (nSPS) is 18.7. The Hall–Kier alpha value is -1.12. The van der Waals surface area contributed by atoms with Gasteiger partial charge in [-0.3, -0.25) is 10.1 Å². The molecule has 0 bridgehead atoms. The monoisotopic (exact) mass is 252 g/mol. The first-order valence-corrected chi connectivity index (χ1v) is 6.56. The highest BCUT2D eigenvalue weighted by Gasteiger charge is 2.34. The Bertz CT molecular complexity index is 313. The third-order valence-corrected chi connectivity index (χ3v) is 3.52. The summed E-state index contributed by atoms with van der Waals surface area (Å²) in [5, 5.41) is 12.7. The van der Waals surface area contributed by atoms with Gasteiger partial charge in [0, 0.05) is 20.0 Å². The zero-order valence-electron chi connectivity index (χ0n) is 11.7. The van der Waals surface area contributed by atoms with E-state index in [1.54, 1.807) is 6.92 Å². The third kappa shape index (κ3) is 4.28. The maximum atomic E-state index is 11.3. The van der Waals surface area contributed by atoms with Crippen molar-refractivity contribution in [3.63, 3.8) is 0 Å². The molecule has 1 N–H and O–H groups in total. The molecule has 1 aliphatic rings. The molecule has 5 heteroatoms. The average molecular weight is 252 g/mol. The van der Waals surface area contributed by atoms with Crippen LogP contribution in [0.3, 0.4) is 0 Å². The largest absolute Gasteiger partial charge is 0.343 e. The molecule has 5 nitrogen and oxygen atoms in total. The van der Waals surface area contributed by atoms with Gasteiger partial charge < -0.3 is 9.80 Å². The number of nitriles is 1. The second-order valence-electron chi connectivity index (χ2n) is 5.28. The van der Waals surface area contributed by atoms with Gasteiger partial charge in [-0.05, 0) is 46.4 Å². The molecule has 1 saturated heterocycles. The zero-order valence-corrected chi connectivity index (χ0v) is 11.7. The molecule has 0 aromatic rings. The van der Waals surface area contributed by atoms with Gasteiger partial charge in [-0.1, -0.05) is 0 Å². The van der Waals surface area contributed by atoms with Gasteiger partial charge in [0.05, 0.1) is 6.07 Å². The van der Waals surface area contributed by atoms with E-state index in [1.165, 1.54) is 0 Å². The number of likely N-dealkylation sites (tertiary alicyclic amines) is 1. The molecule has 0 radical (unpaired) electrons. The lowest BCUT2D eigenvalue weighted by atomic mass is 9.89. The number of carbonyl (C=O) groups is 1. The molecule has 1 amide bonds. The van der Waals surface area contributed by atoms with Gasteiger partial charge in [-0.15, -0.1) is 0 Å². The molecular formula is C13H24N4O. The molecule has 0 aromatic carbocycles. The molecule has 0 atom stereocenters. The Kier molecular flexibility index (Phi) is 5.57. The van der Waals surface area contributed by atoms with Crippen LogP contribution in [-0.4, -0.2) is 61.5 Å². The number of piperidine rings is 1. The highest BCUT2D eigenvalue weighted by atomic mass is 16.2. The first-order chi connectivity index (χ1) is 8.49. The van der Waals surface area contributed by atoms with Crippen LogP contribution in [0.15, 0.2) is 0 Å². The van der Waals surface area contributed by atoms with Gasteiger partial charge in [0.15, 0.2) is 0 Å². The summed E-state index contributed by atoms with van der Waals surface area (Å²) >= 11 is 0. The predicted molar refractivity (Wildman–Crippen MR) is 71.0 cm³/mol. The predicted octanol–water partition coefficient (Wildman–Crippen LogP) is 0.432. The number of hydrogen-bond acceptors (Lipinski definition) is 4. The average Bonchev–Trinajstić information content (AvgIpc) is 2.35. The standard InChI is InChI=1S/C13H24N4O/c1-12(18)17-9-5-13(11-14,6-10-17)15-7-4-8-16(2)3/h15H,4-10H2,1-3H3. The minimum absolute atomic E-state index is 0.106. The van der Waals surface area contributed by atoms with E-state index in [9.17, 15) is 10.1 Å². The summed E-state index contributed by atoms with van der Waals surface area (Å²) in [5.41, 5.74) is -0.432. The lowest BCUT2D eigenvalue weighted by molar-refractivity contribution is -0.130. The van der Waals surface area contributed by atoms with Gasteiger partial charge in [-0.25, -0.2) is 0 Å². The van der Waals surface area contributed by atoms with Crippen LogP contribution in [0.25, 0.3) is 0 Å². The summed E-state index contributed by atoms with van der Waals surface area (Å²) in [6, 6.07) is 2.40. The molecule has 0 unspecified atom stereocenters. The van der Waals surface area contributed by atoms with Crippen LogP contribution in [-0.2, 0) is 4.79 Å². The van der Waals surface area contributed by atoms with E-state index in [2.05, 4.69) is 16.3 Å². The molecule has 1 aliphatic heterocycles. The first-order valence-electron chi connectivity index (χ1n) is 6.56. The van der Waals surface area contributed by atoms with Crippen LogP contribution >= 0.6 is 0 Å². The summed E-state index contributed by atoms with van der Waals surface area (Å²) in [4.78, 5) is 15.2. The van der Waals surface area contributed by atoms with Gasteiger partial charge in [0.1, 0.15) is 5.54 Å². The Balaban J connectivity index is 2.37. The lowest BCUT2D eigenvalue weighted by Gasteiger charge is -2.37. The number of nitrogens with one attached hydrogen (secondary N) is 1. The maximum Gasteiger partial charge on any atom is 0.219 e. The molecule has 1 fully saturated rings. The number of amides is 1. The molecule has 0 saturated carbocycles. The summed E-state index contributed by atoms with van der Waals surface area (Å²) in [6.45, 7) is 4.83. The smallest absolute Gasteiger partial charge is 0.219 e. The van der Waals surface area contributed by atoms with Gasteiger partial charge in [0.25, 0.3) is 0 Å². The van der Waals surface area contributed by atoms with Crippen LogP contribution in [0.2, 0.25) is 0 Å². The molecule has 1 rings (SSSR count). The summed E-state index contributed by atoms with van der Waals surface area (Å²) in [6.07, 6.45) is 2.49. The van der Waals surface area contributed by atoms with Crippen molar-refractivity contribution in [1.82, 2.24) is 15.1 Å². The Morgan fingerprint density at radius 3 is 2.50 bits per heavy atom. The fraction of sp³-hybridized carbons (Fsp3) is 0.846. The molecule has 0 spiro atoms. The Labute approximate surface area is 110 Å². The minimum Gasteiger partial charge on any atom is -0.343 e. The highest BCUT2D eigenvalue weighted by molar-refractivity contribution is 5.73. The Morgan fingerprint density at radius 1 is 1.44 bits per heavy atom. The number of nitrogens with zero attached hydrogens (tertiary/aromatic N) is 3. The van der Waals surface area contributed by atoms with E-state index >= 15 is 0 Å². The topological polar surface area (TPSA) is 59.4 Å². The summed E-state index contributed by atoms with van der Waals surface area (Å²) in [5.74, 6) is 0.106. The van der Waals surface area contributed by atoms with E-state index in [4.69, 9.17) is 0 Å². The van der Waals surface area contributed by atoms with E-state index in [0.29, 0.717) is 13.1 Å².